The van der Waals surface area contributed by atoms with E-state index >= 15 is 0 Å². The quantitative estimate of drug-likeness (QED) is 0.742. The van der Waals surface area contributed by atoms with Crippen molar-refractivity contribution in [3.8, 4) is 0 Å². The normalized spacial score (nSPS) is 10.9. The molecule has 0 unspecified atom stereocenters. The van der Waals surface area contributed by atoms with Crippen LogP contribution < -0.4 is 5.32 Å². The van der Waals surface area contributed by atoms with Crippen molar-refractivity contribution in [1.29, 1.82) is 0 Å². The molecule has 0 spiro atoms. The van der Waals surface area contributed by atoms with E-state index in [-0.39, 0.29) is 17.9 Å². The van der Waals surface area contributed by atoms with Crippen LogP contribution in [-0.2, 0) is 24.2 Å². The molecular formula is C19H25F2N3O. The summed E-state index contributed by atoms with van der Waals surface area (Å²) in [6.07, 6.45) is 2.21. The number of nitrogens with one attached hydrogen (secondary N) is 1. The number of nitrogens with zero attached hydrogens (tertiary/aromatic N) is 2. The van der Waals surface area contributed by atoms with E-state index < -0.39 is 11.6 Å². The lowest BCUT2D eigenvalue weighted by atomic mass is 10.1. The minimum atomic E-state index is -0.571. The second kappa shape index (κ2) is 8.74. The number of amides is 1. The Labute approximate surface area is 147 Å². The van der Waals surface area contributed by atoms with Crippen LogP contribution in [0.1, 0.15) is 42.3 Å². The monoisotopic (exact) mass is 349 g/mol. The summed E-state index contributed by atoms with van der Waals surface area (Å²) >= 11 is 0. The molecule has 2 rings (SSSR count). The lowest BCUT2D eigenvalue weighted by Crippen LogP contribution is -2.25. The standard InChI is InChI=1S/C19H25F2N3O/c1-4-24-16(10-13(2)23-24)6-5-9-22-19(25)8-7-15-11-17(20)14(3)18(21)12-15/h10-12H,4-9H2,1-3H3,(H,22,25). The van der Waals surface area contributed by atoms with Crippen LogP contribution in [0, 0.1) is 25.5 Å². The Bertz CT molecular complexity index is 717. The summed E-state index contributed by atoms with van der Waals surface area (Å²) < 4.78 is 28.9. The highest BCUT2D eigenvalue weighted by atomic mass is 19.1. The minimum Gasteiger partial charge on any atom is -0.356 e. The smallest absolute Gasteiger partial charge is 0.220 e. The van der Waals surface area contributed by atoms with Gasteiger partial charge in [-0.2, -0.15) is 5.10 Å². The lowest BCUT2D eigenvalue weighted by Gasteiger charge is -2.07. The van der Waals surface area contributed by atoms with Crippen molar-refractivity contribution in [1.82, 2.24) is 15.1 Å². The molecule has 1 amide bonds. The average molecular weight is 349 g/mol. The van der Waals surface area contributed by atoms with Gasteiger partial charge in [-0.25, -0.2) is 8.78 Å². The summed E-state index contributed by atoms with van der Waals surface area (Å²) in [7, 11) is 0. The molecule has 0 fully saturated rings. The van der Waals surface area contributed by atoms with Crippen LogP contribution >= 0.6 is 0 Å². The number of aromatic nitrogens is 2. The predicted molar refractivity (Wildman–Crippen MR) is 93.4 cm³/mol. The molecule has 0 radical (unpaired) electrons. The second-order valence-electron chi connectivity index (χ2n) is 6.23. The van der Waals surface area contributed by atoms with Gasteiger partial charge in [0.05, 0.1) is 5.69 Å². The van der Waals surface area contributed by atoms with Crippen LogP contribution in [-0.4, -0.2) is 22.2 Å². The highest BCUT2D eigenvalue weighted by molar-refractivity contribution is 5.76. The first-order chi connectivity index (χ1) is 11.9. The SMILES string of the molecule is CCn1nc(C)cc1CCCNC(=O)CCc1cc(F)c(C)c(F)c1. The molecule has 0 saturated heterocycles. The van der Waals surface area contributed by atoms with E-state index in [0.29, 0.717) is 18.5 Å². The molecular weight excluding hydrogens is 324 g/mol. The van der Waals surface area contributed by atoms with Crippen molar-refractivity contribution < 1.29 is 13.6 Å². The van der Waals surface area contributed by atoms with Crippen molar-refractivity contribution in [2.45, 2.75) is 53.0 Å². The molecule has 136 valence electrons. The van der Waals surface area contributed by atoms with Crippen molar-refractivity contribution >= 4 is 5.91 Å². The Hall–Kier alpha value is -2.24. The molecule has 1 N–H and O–H groups in total. The van der Waals surface area contributed by atoms with Crippen LogP contribution in [0.2, 0.25) is 0 Å². The van der Waals surface area contributed by atoms with Crippen molar-refractivity contribution in [2.24, 2.45) is 0 Å². The van der Waals surface area contributed by atoms with Gasteiger partial charge in [-0.15, -0.1) is 0 Å². The maximum Gasteiger partial charge on any atom is 0.220 e. The summed E-state index contributed by atoms with van der Waals surface area (Å²) in [5.41, 5.74) is 2.67. The van der Waals surface area contributed by atoms with Gasteiger partial charge in [0, 0.05) is 30.8 Å². The molecule has 0 atom stereocenters. The Balaban J connectivity index is 1.72. The molecule has 1 aromatic carbocycles. The molecule has 1 aromatic heterocycles. The first-order valence-corrected chi connectivity index (χ1v) is 8.65. The van der Waals surface area contributed by atoms with Gasteiger partial charge in [0.15, 0.2) is 0 Å². The minimum absolute atomic E-state index is 0.00904. The second-order valence-corrected chi connectivity index (χ2v) is 6.23. The van der Waals surface area contributed by atoms with Crippen LogP contribution in [0.3, 0.4) is 0 Å². The van der Waals surface area contributed by atoms with Gasteiger partial charge >= 0.3 is 0 Å². The highest BCUT2D eigenvalue weighted by Gasteiger charge is 2.09. The number of aryl methyl sites for hydroxylation is 4. The predicted octanol–water partition coefficient (Wildman–Crippen LogP) is 3.48. The summed E-state index contributed by atoms with van der Waals surface area (Å²) in [6, 6.07) is 4.64. The maximum absolute atomic E-state index is 13.5. The molecule has 6 heteroatoms. The Morgan fingerprint density at radius 3 is 2.48 bits per heavy atom. The number of carbonyl (C=O) groups excluding carboxylic acids is 1. The van der Waals surface area contributed by atoms with Gasteiger partial charge in [-0.05, 0) is 63.8 Å². The van der Waals surface area contributed by atoms with E-state index in [4.69, 9.17) is 0 Å². The Kier molecular flexibility index (Phi) is 6.67. The average Bonchev–Trinajstić information content (AvgIpc) is 2.94. The molecule has 0 aliphatic heterocycles. The van der Waals surface area contributed by atoms with Crippen molar-refractivity contribution in [3.63, 3.8) is 0 Å². The van der Waals surface area contributed by atoms with E-state index in [2.05, 4.69) is 23.4 Å². The number of rotatable bonds is 8. The largest absolute Gasteiger partial charge is 0.356 e. The topological polar surface area (TPSA) is 46.9 Å². The molecule has 0 saturated carbocycles. The van der Waals surface area contributed by atoms with E-state index in [1.807, 2.05) is 11.6 Å². The summed E-state index contributed by atoms with van der Waals surface area (Å²) in [5.74, 6) is -1.25. The summed E-state index contributed by atoms with van der Waals surface area (Å²) in [4.78, 5) is 11.9. The zero-order valence-corrected chi connectivity index (χ0v) is 15.0. The zero-order valence-electron chi connectivity index (χ0n) is 15.0. The summed E-state index contributed by atoms with van der Waals surface area (Å²) in [5, 5.41) is 7.25. The number of benzene rings is 1. The van der Waals surface area contributed by atoms with Gasteiger partial charge < -0.3 is 5.32 Å². The third-order valence-corrected chi connectivity index (χ3v) is 4.20. The van der Waals surface area contributed by atoms with Crippen LogP contribution in [0.15, 0.2) is 18.2 Å². The Morgan fingerprint density at radius 2 is 1.84 bits per heavy atom. The molecule has 25 heavy (non-hydrogen) atoms. The maximum atomic E-state index is 13.5. The van der Waals surface area contributed by atoms with Crippen LogP contribution in [0.5, 0.6) is 0 Å². The third-order valence-electron chi connectivity index (χ3n) is 4.20. The highest BCUT2D eigenvalue weighted by Crippen LogP contribution is 2.15. The number of hydrogen-bond donors (Lipinski definition) is 1. The van der Waals surface area contributed by atoms with Gasteiger partial charge in [0.2, 0.25) is 5.91 Å². The van der Waals surface area contributed by atoms with Gasteiger partial charge in [0.25, 0.3) is 0 Å². The first-order valence-electron chi connectivity index (χ1n) is 8.65. The number of hydrogen-bond acceptors (Lipinski definition) is 2. The van der Waals surface area contributed by atoms with Crippen LogP contribution in [0.25, 0.3) is 0 Å². The van der Waals surface area contributed by atoms with E-state index in [9.17, 15) is 13.6 Å². The van der Waals surface area contributed by atoms with Crippen LogP contribution in [0.4, 0.5) is 8.78 Å². The molecule has 0 bridgehead atoms. The fourth-order valence-corrected chi connectivity index (χ4v) is 2.76. The van der Waals surface area contributed by atoms with E-state index in [1.54, 1.807) is 0 Å². The Morgan fingerprint density at radius 1 is 1.16 bits per heavy atom. The molecule has 0 aliphatic carbocycles. The van der Waals surface area contributed by atoms with Crippen molar-refractivity contribution in [3.05, 3.63) is 52.3 Å². The fourth-order valence-electron chi connectivity index (χ4n) is 2.76. The molecule has 1 heterocycles. The van der Waals surface area contributed by atoms with E-state index in [0.717, 1.165) is 25.1 Å². The molecule has 0 aliphatic rings. The molecule has 4 nitrogen and oxygen atoms in total. The summed E-state index contributed by atoms with van der Waals surface area (Å²) in [6.45, 7) is 6.82. The molecule has 2 aromatic rings. The van der Waals surface area contributed by atoms with Crippen molar-refractivity contribution in [2.75, 3.05) is 6.54 Å². The van der Waals surface area contributed by atoms with Gasteiger partial charge in [-0.3, -0.25) is 9.48 Å². The van der Waals surface area contributed by atoms with E-state index in [1.165, 1.54) is 24.8 Å². The number of carbonyl (C=O) groups is 1. The van der Waals surface area contributed by atoms with Gasteiger partial charge in [-0.1, -0.05) is 0 Å². The zero-order chi connectivity index (χ0) is 18.4. The first kappa shape index (κ1) is 19.1. The van der Waals surface area contributed by atoms with Gasteiger partial charge in [0.1, 0.15) is 11.6 Å². The third kappa shape index (κ3) is 5.37. The fraction of sp³-hybridized carbons (Fsp3) is 0.474. The lowest BCUT2D eigenvalue weighted by molar-refractivity contribution is -0.121. The number of halogens is 2.